The van der Waals surface area contributed by atoms with Crippen molar-refractivity contribution in [1.82, 2.24) is 29.7 Å². The van der Waals surface area contributed by atoms with Gasteiger partial charge in [-0.3, -0.25) is 9.48 Å². The highest BCUT2D eigenvalue weighted by atomic mass is 19.4. The van der Waals surface area contributed by atoms with Crippen molar-refractivity contribution in [2.45, 2.75) is 51.7 Å². The Bertz CT molecular complexity index is 1200. The quantitative estimate of drug-likeness (QED) is 0.657. The summed E-state index contributed by atoms with van der Waals surface area (Å²) in [4.78, 5) is 17.5. The zero-order chi connectivity index (χ0) is 22.8. The molecule has 3 aromatic rings. The number of carbonyl (C=O) groups is 1. The van der Waals surface area contributed by atoms with Gasteiger partial charge in [0.1, 0.15) is 5.56 Å². The minimum Gasteiger partial charge on any atom is -0.349 e. The van der Waals surface area contributed by atoms with Crippen molar-refractivity contribution in [1.29, 1.82) is 0 Å². The van der Waals surface area contributed by atoms with Gasteiger partial charge in [-0.15, -0.1) is 0 Å². The number of hydrogen-bond acceptors (Lipinski definition) is 4. The van der Waals surface area contributed by atoms with Crippen LogP contribution in [-0.4, -0.2) is 36.3 Å². The van der Waals surface area contributed by atoms with E-state index in [0.717, 1.165) is 18.4 Å². The zero-order valence-electron chi connectivity index (χ0n) is 18.1. The number of alkyl halides is 3. The maximum atomic E-state index is 13.8. The predicted molar refractivity (Wildman–Crippen MR) is 111 cm³/mol. The predicted octanol–water partition coefficient (Wildman–Crippen LogP) is 4.01. The van der Waals surface area contributed by atoms with Crippen LogP contribution < -0.4 is 5.32 Å². The van der Waals surface area contributed by atoms with Crippen molar-refractivity contribution in [2.24, 2.45) is 24.8 Å². The summed E-state index contributed by atoms with van der Waals surface area (Å²) in [5.74, 6) is 1.32. The molecule has 170 valence electrons. The minimum absolute atomic E-state index is 0.0360. The second-order valence-electron chi connectivity index (χ2n) is 9.22. The van der Waals surface area contributed by atoms with Gasteiger partial charge >= 0.3 is 6.18 Å². The van der Waals surface area contributed by atoms with Gasteiger partial charge in [0.25, 0.3) is 5.91 Å². The van der Waals surface area contributed by atoms with E-state index in [9.17, 15) is 18.0 Å². The molecule has 3 aromatic heterocycles. The van der Waals surface area contributed by atoms with E-state index in [1.54, 1.807) is 20.2 Å². The van der Waals surface area contributed by atoms with Crippen LogP contribution in [0.5, 0.6) is 0 Å². The zero-order valence-corrected chi connectivity index (χ0v) is 18.1. The lowest BCUT2D eigenvalue weighted by Gasteiger charge is -2.28. The fourth-order valence-corrected chi connectivity index (χ4v) is 5.61. The van der Waals surface area contributed by atoms with Crippen LogP contribution in [0.3, 0.4) is 0 Å². The summed E-state index contributed by atoms with van der Waals surface area (Å²) in [5, 5.41) is 11.1. The minimum atomic E-state index is -4.66. The third kappa shape index (κ3) is 3.45. The van der Waals surface area contributed by atoms with Crippen molar-refractivity contribution in [3.63, 3.8) is 0 Å². The Kier molecular flexibility index (Phi) is 4.79. The lowest BCUT2D eigenvalue weighted by molar-refractivity contribution is -0.142. The van der Waals surface area contributed by atoms with Gasteiger partial charge in [0.2, 0.25) is 0 Å². The molecule has 5 rings (SSSR count). The fourth-order valence-electron chi connectivity index (χ4n) is 5.61. The summed E-state index contributed by atoms with van der Waals surface area (Å²) in [6, 6.07) is 0.891. The average Bonchev–Trinajstić information content (AvgIpc) is 3.49. The Balaban J connectivity index is 1.53. The highest BCUT2D eigenvalue weighted by molar-refractivity contribution is 6.00. The summed E-state index contributed by atoms with van der Waals surface area (Å²) < 4.78 is 43.7. The average molecular weight is 446 g/mol. The van der Waals surface area contributed by atoms with Gasteiger partial charge in [0.15, 0.2) is 11.3 Å². The SMILES string of the molecule is Cc1nn(C)cc1-c1cc(C(F)(F)F)n2ncc(C(=O)N[C@H](C)[C@H]3C[C@@H]4CC[C@@H]3C4)c2n1. The first-order chi connectivity index (χ1) is 15.1. The molecule has 0 unspecified atom stereocenters. The molecule has 32 heavy (non-hydrogen) atoms. The van der Waals surface area contributed by atoms with E-state index in [2.05, 4.69) is 20.5 Å². The van der Waals surface area contributed by atoms with E-state index >= 15 is 0 Å². The second kappa shape index (κ2) is 7.31. The van der Waals surface area contributed by atoms with E-state index in [-0.39, 0.29) is 22.9 Å². The van der Waals surface area contributed by atoms with Gasteiger partial charge in [-0.25, -0.2) is 9.50 Å². The second-order valence-corrected chi connectivity index (χ2v) is 9.22. The number of aryl methyl sites for hydroxylation is 2. The van der Waals surface area contributed by atoms with Crippen molar-refractivity contribution in [2.75, 3.05) is 0 Å². The molecule has 4 atom stereocenters. The molecule has 2 saturated carbocycles. The largest absolute Gasteiger partial charge is 0.433 e. The lowest BCUT2D eigenvalue weighted by atomic mass is 9.84. The van der Waals surface area contributed by atoms with Gasteiger partial charge in [0, 0.05) is 24.8 Å². The number of halogens is 3. The lowest BCUT2D eigenvalue weighted by Crippen LogP contribution is -2.40. The van der Waals surface area contributed by atoms with Crippen molar-refractivity contribution in [3.8, 4) is 11.3 Å². The molecule has 0 saturated heterocycles. The number of rotatable bonds is 4. The van der Waals surface area contributed by atoms with Crippen LogP contribution in [0, 0.1) is 24.7 Å². The van der Waals surface area contributed by atoms with Gasteiger partial charge in [-0.05, 0) is 56.9 Å². The third-order valence-corrected chi connectivity index (χ3v) is 7.09. The summed E-state index contributed by atoms with van der Waals surface area (Å²) in [6.45, 7) is 3.68. The maximum absolute atomic E-state index is 13.8. The van der Waals surface area contributed by atoms with Gasteiger partial charge in [-0.1, -0.05) is 6.42 Å². The van der Waals surface area contributed by atoms with E-state index in [0.29, 0.717) is 27.6 Å². The molecule has 2 fully saturated rings. The Morgan fingerprint density at radius 3 is 2.66 bits per heavy atom. The molecular weight excluding hydrogens is 421 g/mol. The summed E-state index contributed by atoms with van der Waals surface area (Å²) >= 11 is 0. The standard InChI is InChI=1S/C22H25F3N6O/c1-11(15-7-13-4-5-14(15)6-13)27-21(32)16-9-26-31-19(22(23,24)25)8-18(28-20(16)31)17-10-30(3)29-12(17)2/h8-11,13-15H,4-7H2,1-3H3,(H,27,32)/t11-,13-,14-,15-/m1/s1. The molecule has 2 bridgehead atoms. The summed E-state index contributed by atoms with van der Waals surface area (Å²) in [5.41, 5.74) is 0.0630. The first kappa shape index (κ1) is 21.0. The smallest absolute Gasteiger partial charge is 0.349 e. The number of nitrogens with zero attached hydrogens (tertiary/aromatic N) is 5. The molecule has 0 aliphatic heterocycles. The topological polar surface area (TPSA) is 77.1 Å². The van der Waals surface area contributed by atoms with Crippen LogP contribution in [-0.2, 0) is 13.2 Å². The van der Waals surface area contributed by atoms with Crippen LogP contribution in [0.2, 0.25) is 0 Å². The molecule has 2 aliphatic carbocycles. The van der Waals surface area contributed by atoms with Crippen LogP contribution in [0.25, 0.3) is 16.9 Å². The molecule has 0 radical (unpaired) electrons. The van der Waals surface area contributed by atoms with Gasteiger partial charge in [0.05, 0.1) is 17.6 Å². The Morgan fingerprint density at radius 2 is 2.06 bits per heavy atom. The van der Waals surface area contributed by atoms with E-state index < -0.39 is 17.8 Å². The highest BCUT2D eigenvalue weighted by Gasteiger charge is 2.42. The maximum Gasteiger partial charge on any atom is 0.433 e. The molecule has 0 spiro atoms. The van der Waals surface area contributed by atoms with E-state index in [4.69, 9.17) is 0 Å². The number of aromatic nitrogens is 5. The molecule has 0 aromatic carbocycles. The Hall–Kier alpha value is -2.91. The van der Waals surface area contributed by atoms with Crippen molar-refractivity contribution < 1.29 is 18.0 Å². The van der Waals surface area contributed by atoms with Gasteiger partial charge in [-0.2, -0.15) is 23.4 Å². The first-order valence-corrected chi connectivity index (χ1v) is 10.9. The van der Waals surface area contributed by atoms with Crippen molar-refractivity contribution in [3.05, 3.63) is 35.4 Å². The van der Waals surface area contributed by atoms with Crippen LogP contribution in [0.4, 0.5) is 13.2 Å². The Labute approximate surface area is 183 Å². The molecular formula is C22H25F3N6O. The third-order valence-electron chi connectivity index (χ3n) is 7.09. The first-order valence-electron chi connectivity index (χ1n) is 10.9. The normalized spacial score (nSPS) is 23.8. The summed E-state index contributed by atoms with van der Waals surface area (Å²) in [6.07, 6.45) is 2.88. The fraction of sp³-hybridized carbons (Fsp3) is 0.545. The number of hydrogen-bond donors (Lipinski definition) is 1. The summed E-state index contributed by atoms with van der Waals surface area (Å²) in [7, 11) is 1.69. The van der Waals surface area contributed by atoms with E-state index in [1.807, 2.05) is 6.92 Å². The monoisotopic (exact) mass is 446 g/mol. The van der Waals surface area contributed by atoms with Gasteiger partial charge < -0.3 is 5.32 Å². The molecule has 2 aliphatic rings. The van der Waals surface area contributed by atoms with Crippen LogP contribution in [0.1, 0.15) is 54.4 Å². The number of nitrogens with one attached hydrogen (secondary N) is 1. The molecule has 3 heterocycles. The molecule has 1 amide bonds. The van der Waals surface area contributed by atoms with Crippen molar-refractivity contribution >= 4 is 11.6 Å². The molecule has 7 nitrogen and oxygen atoms in total. The van der Waals surface area contributed by atoms with Crippen LogP contribution in [0.15, 0.2) is 18.5 Å². The molecule has 1 N–H and O–H groups in total. The molecule has 10 heteroatoms. The number of fused-ring (bicyclic) bond motifs is 3. The van der Waals surface area contributed by atoms with Crippen LogP contribution >= 0.6 is 0 Å². The number of carbonyl (C=O) groups excluding carboxylic acids is 1. The Morgan fingerprint density at radius 1 is 1.28 bits per heavy atom. The number of amides is 1. The highest BCUT2D eigenvalue weighted by Crippen LogP contribution is 2.49. The van der Waals surface area contributed by atoms with E-state index in [1.165, 1.54) is 30.1 Å².